The molecule has 2 heterocycles. The van der Waals surface area contributed by atoms with E-state index in [0.29, 0.717) is 49.8 Å². The summed E-state index contributed by atoms with van der Waals surface area (Å²) < 4.78 is 33.9. The van der Waals surface area contributed by atoms with Gasteiger partial charge in [-0.2, -0.15) is 0 Å². The molecule has 1 aromatic carbocycles. The van der Waals surface area contributed by atoms with E-state index in [9.17, 15) is 18.0 Å². The number of Topliss-reactive ketones (excluding diaryl/α,β-unsaturated/α-hetero) is 1. The minimum absolute atomic E-state index is 0.00744. The van der Waals surface area contributed by atoms with Crippen molar-refractivity contribution in [1.82, 2.24) is 9.80 Å². The fourth-order valence-electron chi connectivity index (χ4n) is 3.14. The van der Waals surface area contributed by atoms with Crippen LogP contribution in [0.5, 0.6) is 5.75 Å². The van der Waals surface area contributed by atoms with Crippen LogP contribution in [-0.4, -0.2) is 74.6 Å². The van der Waals surface area contributed by atoms with E-state index in [4.69, 9.17) is 9.15 Å². The third-order valence-corrected chi connectivity index (χ3v) is 5.88. The number of sulfone groups is 1. The van der Waals surface area contributed by atoms with Gasteiger partial charge < -0.3 is 14.1 Å². The van der Waals surface area contributed by atoms with Gasteiger partial charge in [0.05, 0.1) is 5.75 Å². The van der Waals surface area contributed by atoms with E-state index in [-0.39, 0.29) is 29.8 Å². The Kier molecular flexibility index (Phi) is 6.94. The SMILES string of the molecule is CC(=O)c1ccc(OCc2ccc(C(=O)N3CCN(CCS(C)(=O)=O)CC3)o2)cc1. The fourth-order valence-corrected chi connectivity index (χ4v) is 3.73. The zero-order chi connectivity index (χ0) is 21.7. The number of ketones is 1. The standard InChI is InChI=1S/C21H26N2O6S/c1-16(24)17-3-5-18(6-4-17)28-15-19-7-8-20(29-19)21(25)23-11-9-22(10-12-23)13-14-30(2,26)27/h3-8H,9-15H2,1-2H3. The van der Waals surface area contributed by atoms with Crippen molar-refractivity contribution >= 4 is 21.5 Å². The van der Waals surface area contributed by atoms with Crippen LogP contribution in [0.4, 0.5) is 0 Å². The summed E-state index contributed by atoms with van der Waals surface area (Å²) in [5.74, 6) is 1.32. The molecule has 1 aromatic heterocycles. The Morgan fingerprint density at radius 2 is 1.70 bits per heavy atom. The zero-order valence-corrected chi connectivity index (χ0v) is 18.0. The summed E-state index contributed by atoms with van der Waals surface area (Å²) in [6, 6.07) is 10.2. The summed E-state index contributed by atoms with van der Waals surface area (Å²) >= 11 is 0. The number of hydrogen-bond acceptors (Lipinski definition) is 7. The highest BCUT2D eigenvalue weighted by molar-refractivity contribution is 7.90. The molecule has 0 spiro atoms. The van der Waals surface area contributed by atoms with Crippen molar-refractivity contribution in [3.63, 3.8) is 0 Å². The Bertz CT molecular complexity index is 989. The predicted octanol–water partition coefficient (Wildman–Crippen LogP) is 1.86. The lowest BCUT2D eigenvalue weighted by Crippen LogP contribution is -2.49. The van der Waals surface area contributed by atoms with Crippen LogP contribution < -0.4 is 4.74 Å². The van der Waals surface area contributed by atoms with Gasteiger partial charge in [-0.1, -0.05) is 0 Å². The maximum Gasteiger partial charge on any atom is 0.289 e. The number of furan rings is 1. The van der Waals surface area contributed by atoms with Gasteiger partial charge in [0.2, 0.25) is 0 Å². The van der Waals surface area contributed by atoms with E-state index in [1.165, 1.54) is 13.2 Å². The smallest absolute Gasteiger partial charge is 0.289 e. The number of piperazine rings is 1. The Balaban J connectivity index is 1.48. The van der Waals surface area contributed by atoms with Gasteiger partial charge in [-0.05, 0) is 43.3 Å². The summed E-state index contributed by atoms with van der Waals surface area (Å²) in [6.45, 7) is 4.48. The second-order valence-electron chi connectivity index (χ2n) is 7.40. The molecular formula is C21H26N2O6S. The maximum absolute atomic E-state index is 12.7. The highest BCUT2D eigenvalue weighted by Crippen LogP contribution is 2.17. The van der Waals surface area contributed by atoms with E-state index in [2.05, 4.69) is 0 Å². The average molecular weight is 435 g/mol. The van der Waals surface area contributed by atoms with Crippen molar-refractivity contribution in [2.75, 3.05) is 44.7 Å². The van der Waals surface area contributed by atoms with Gasteiger partial charge in [-0.15, -0.1) is 0 Å². The van der Waals surface area contributed by atoms with Gasteiger partial charge in [0, 0.05) is 44.5 Å². The molecule has 0 radical (unpaired) electrons. The molecule has 1 saturated heterocycles. The molecule has 1 aliphatic heterocycles. The molecular weight excluding hydrogens is 408 g/mol. The highest BCUT2D eigenvalue weighted by Gasteiger charge is 2.24. The lowest BCUT2D eigenvalue weighted by atomic mass is 10.1. The number of benzene rings is 1. The summed E-state index contributed by atoms with van der Waals surface area (Å²) in [5.41, 5.74) is 0.615. The van der Waals surface area contributed by atoms with Crippen molar-refractivity contribution in [2.45, 2.75) is 13.5 Å². The Morgan fingerprint density at radius 3 is 2.30 bits per heavy atom. The first-order valence-corrected chi connectivity index (χ1v) is 11.8. The van der Waals surface area contributed by atoms with Gasteiger partial charge in [0.15, 0.2) is 11.5 Å². The molecule has 1 aliphatic rings. The lowest BCUT2D eigenvalue weighted by molar-refractivity contribution is 0.0609. The molecule has 0 unspecified atom stereocenters. The quantitative estimate of drug-likeness (QED) is 0.585. The lowest BCUT2D eigenvalue weighted by Gasteiger charge is -2.34. The molecule has 0 saturated carbocycles. The van der Waals surface area contributed by atoms with E-state index in [0.717, 1.165) is 0 Å². The highest BCUT2D eigenvalue weighted by atomic mass is 32.2. The monoisotopic (exact) mass is 434 g/mol. The van der Waals surface area contributed by atoms with Crippen molar-refractivity contribution < 1.29 is 27.2 Å². The number of carbonyl (C=O) groups excluding carboxylic acids is 2. The minimum Gasteiger partial charge on any atom is -0.486 e. The molecule has 30 heavy (non-hydrogen) atoms. The van der Waals surface area contributed by atoms with Crippen molar-refractivity contribution in [2.24, 2.45) is 0 Å². The first kappa shape index (κ1) is 22.0. The molecule has 0 bridgehead atoms. The topological polar surface area (TPSA) is 97.1 Å². The van der Waals surface area contributed by atoms with Crippen LogP contribution in [0.25, 0.3) is 0 Å². The van der Waals surface area contributed by atoms with Crippen LogP contribution >= 0.6 is 0 Å². The molecule has 2 aromatic rings. The number of carbonyl (C=O) groups is 2. The number of hydrogen-bond donors (Lipinski definition) is 0. The molecule has 1 fully saturated rings. The molecule has 9 heteroatoms. The summed E-state index contributed by atoms with van der Waals surface area (Å²) in [7, 11) is -2.99. The summed E-state index contributed by atoms with van der Waals surface area (Å²) in [5, 5.41) is 0. The van der Waals surface area contributed by atoms with Crippen LogP contribution in [0.1, 0.15) is 33.6 Å². The van der Waals surface area contributed by atoms with Crippen molar-refractivity contribution in [3.8, 4) is 5.75 Å². The molecule has 0 atom stereocenters. The molecule has 3 rings (SSSR count). The number of ether oxygens (including phenoxy) is 1. The first-order valence-electron chi connectivity index (χ1n) is 9.73. The summed E-state index contributed by atoms with van der Waals surface area (Å²) in [6.07, 6.45) is 1.23. The van der Waals surface area contributed by atoms with Gasteiger partial charge >= 0.3 is 0 Å². The number of rotatable bonds is 8. The van der Waals surface area contributed by atoms with Crippen LogP contribution in [0.15, 0.2) is 40.8 Å². The van der Waals surface area contributed by atoms with E-state index >= 15 is 0 Å². The Labute approximate surface area is 176 Å². The van der Waals surface area contributed by atoms with Crippen molar-refractivity contribution in [3.05, 3.63) is 53.5 Å². The third-order valence-electron chi connectivity index (χ3n) is 4.95. The molecule has 8 nitrogen and oxygen atoms in total. The van der Waals surface area contributed by atoms with Gasteiger partial charge in [0.1, 0.15) is 28.0 Å². The maximum atomic E-state index is 12.7. The Hall–Kier alpha value is -2.65. The summed E-state index contributed by atoms with van der Waals surface area (Å²) in [4.78, 5) is 27.7. The molecule has 1 amide bonds. The van der Waals surface area contributed by atoms with Crippen LogP contribution in [0, 0.1) is 0 Å². The number of nitrogens with zero attached hydrogens (tertiary/aromatic N) is 2. The van der Waals surface area contributed by atoms with E-state index < -0.39 is 9.84 Å². The Morgan fingerprint density at radius 1 is 1.03 bits per heavy atom. The first-order chi connectivity index (χ1) is 14.2. The minimum atomic E-state index is -2.99. The second kappa shape index (κ2) is 9.44. The van der Waals surface area contributed by atoms with Crippen LogP contribution in [0.2, 0.25) is 0 Å². The third kappa shape index (κ3) is 6.17. The number of amides is 1. The zero-order valence-electron chi connectivity index (χ0n) is 17.2. The fraction of sp³-hybridized carbons (Fsp3) is 0.429. The average Bonchev–Trinajstić information content (AvgIpc) is 3.19. The predicted molar refractivity (Wildman–Crippen MR) is 112 cm³/mol. The van der Waals surface area contributed by atoms with Gasteiger partial charge in [0.25, 0.3) is 5.91 Å². The van der Waals surface area contributed by atoms with Crippen LogP contribution in [-0.2, 0) is 16.4 Å². The normalized spacial score (nSPS) is 15.2. The van der Waals surface area contributed by atoms with Gasteiger partial charge in [-0.25, -0.2) is 8.42 Å². The van der Waals surface area contributed by atoms with Crippen molar-refractivity contribution in [1.29, 1.82) is 0 Å². The van der Waals surface area contributed by atoms with Crippen LogP contribution in [0.3, 0.4) is 0 Å². The molecule has 0 N–H and O–H groups in total. The van der Waals surface area contributed by atoms with Gasteiger partial charge in [-0.3, -0.25) is 14.5 Å². The molecule has 0 aliphatic carbocycles. The van der Waals surface area contributed by atoms with E-state index in [1.807, 2.05) is 4.90 Å². The largest absolute Gasteiger partial charge is 0.486 e. The molecule has 162 valence electrons. The second-order valence-corrected chi connectivity index (χ2v) is 9.66. The van der Waals surface area contributed by atoms with E-state index in [1.54, 1.807) is 41.3 Å².